The van der Waals surface area contributed by atoms with Crippen LogP contribution in [-0.2, 0) is 19.1 Å². The van der Waals surface area contributed by atoms with Gasteiger partial charge in [0, 0.05) is 11.5 Å². The predicted molar refractivity (Wildman–Crippen MR) is 103 cm³/mol. The van der Waals surface area contributed by atoms with Crippen LogP contribution in [0, 0.1) is 16.7 Å². The Hall–Kier alpha value is -1.32. The molecule has 26 heavy (non-hydrogen) atoms. The maximum atomic E-state index is 12.7. The average molecular weight is 365 g/mol. The summed E-state index contributed by atoms with van der Waals surface area (Å²) < 4.78 is 10.8. The number of carbonyl (C=O) groups excluding carboxylic acids is 2. The van der Waals surface area contributed by atoms with Gasteiger partial charge in [0.25, 0.3) is 0 Å². The van der Waals surface area contributed by atoms with E-state index >= 15 is 0 Å². The Balaban J connectivity index is 1.75. The quantitative estimate of drug-likeness (QED) is 0.303. The van der Waals surface area contributed by atoms with Gasteiger partial charge in [-0.25, -0.2) is 4.79 Å². The molecule has 0 aromatic carbocycles. The summed E-state index contributed by atoms with van der Waals surface area (Å²) in [5, 5.41) is 0. The smallest absolute Gasteiger partial charge is 0.333 e. The monoisotopic (exact) mass is 364 g/mol. The van der Waals surface area contributed by atoms with E-state index < -0.39 is 0 Å². The largest absolute Gasteiger partial charge is 0.465 e. The summed E-state index contributed by atoms with van der Waals surface area (Å²) in [7, 11) is 0. The van der Waals surface area contributed by atoms with E-state index in [-0.39, 0.29) is 29.9 Å². The van der Waals surface area contributed by atoms with E-state index in [1.807, 2.05) is 6.92 Å². The number of hydrogen-bond donors (Lipinski definition) is 0. The molecule has 3 rings (SSSR count). The van der Waals surface area contributed by atoms with Crippen LogP contribution in [-0.4, -0.2) is 25.2 Å². The second-order valence-corrected chi connectivity index (χ2v) is 8.82. The lowest BCUT2D eigenvalue weighted by Crippen LogP contribution is -2.46. The van der Waals surface area contributed by atoms with Gasteiger partial charge >= 0.3 is 11.9 Å². The summed E-state index contributed by atoms with van der Waals surface area (Å²) in [6.07, 6.45) is 11.7. The highest BCUT2D eigenvalue weighted by Gasteiger charge is 2.52. The number of fused-ring (bicyclic) bond motifs is 3. The molecule has 4 nitrogen and oxygen atoms in total. The number of hydrogen-bond acceptors (Lipinski definition) is 4. The number of ether oxygens (including phenoxy) is 2. The van der Waals surface area contributed by atoms with Crippen molar-refractivity contribution in [3.63, 3.8) is 0 Å². The minimum absolute atomic E-state index is 0.000958. The average Bonchev–Trinajstić information content (AvgIpc) is 2.65. The lowest BCUT2D eigenvalue weighted by molar-refractivity contribution is -0.168. The molecule has 3 aliphatic rings. The Morgan fingerprint density at radius 1 is 1.00 bits per heavy atom. The molecular formula is C22H36O4. The fourth-order valence-corrected chi connectivity index (χ4v) is 4.45. The topological polar surface area (TPSA) is 52.6 Å². The Kier molecular flexibility index (Phi) is 7.31. The third-order valence-electron chi connectivity index (χ3n) is 6.49. The van der Waals surface area contributed by atoms with Crippen molar-refractivity contribution in [2.75, 3.05) is 13.2 Å². The number of rotatable bonds is 10. The van der Waals surface area contributed by atoms with Crippen molar-refractivity contribution in [1.29, 1.82) is 0 Å². The van der Waals surface area contributed by atoms with Crippen molar-refractivity contribution < 1.29 is 19.1 Å². The molecule has 4 heteroatoms. The lowest BCUT2D eigenvalue weighted by atomic mass is 9.52. The van der Waals surface area contributed by atoms with Crippen LogP contribution in [0.15, 0.2) is 12.2 Å². The molecule has 0 spiro atoms. The first-order valence-corrected chi connectivity index (χ1v) is 10.3. The highest BCUT2D eigenvalue weighted by atomic mass is 16.5. The highest BCUT2D eigenvalue weighted by molar-refractivity contribution is 5.86. The van der Waals surface area contributed by atoms with Gasteiger partial charge in [-0.15, -0.1) is 0 Å². The molecule has 1 atom stereocenters. The van der Waals surface area contributed by atoms with Crippen molar-refractivity contribution in [3.8, 4) is 0 Å². The second kappa shape index (κ2) is 9.05. The Labute approximate surface area is 158 Å². The fraction of sp³-hybridized carbons (Fsp3) is 0.818. The van der Waals surface area contributed by atoms with Gasteiger partial charge in [0.2, 0.25) is 0 Å². The van der Waals surface area contributed by atoms with Gasteiger partial charge in [0.05, 0.1) is 18.6 Å². The lowest BCUT2D eigenvalue weighted by Gasteiger charge is -2.52. The SMILES string of the molecule is C=C(C)C(=O)OC[C@H](C)COC(=O)C12CCC(CCCCC)(CC1)CC2. The molecule has 0 amide bonds. The zero-order chi connectivity index (χ0) is 19.2. The van der Waals surface area contributed by atoms with Crippen molar-refractivity contribution in [3.05, 3.63) is 12.2 Å². The Morgan fingerprint density at radius 2 is 1.58 bits per heavy atom. The van der Waals surface area contributed by atoms with Crippen molar-refractivity contribution in [2.45, 2.75) is 85.0 Å². The summed E-state index contributed by atoms with van der Waals surface area (Å²) in [5.41, 5.74) is 0.641. The standard InChI is InChI=1S/C22H36O4/c1-5-6-7-8-21-9-12-22(13-10-21,14-11-21)20(24)26-16-18(4)15-25-19(23)17(2)3/h18H,2,5-16H2,1,3-4H3/t18-,21?,22?/m0/s1. The van der Waals surface area contributed by atoms with E-state index in [1.54, 1.807) is 6.92 Å². The van der Waals surface area contributed by atoms with Gasteiger partial charge in [-0.1, -0.05) is 39.7 Å². The third-order valence-corrected chi connectivity index (χ3v) is 6.49. The van der Waals surface area contributed by atoms with E-state index in [4.69, 9.17) is 9.47 Å². The minimum Gasteiger partial charge on any atom is -0.465 e. The number of esters is 2. The summed E-state index contributed by atoms with van der Waals surface area (Å²) in [4.78, 5) is 24.2. The van der Waals surface area contributed by atoms with Gasteiger partial charge in [-0.2, -0.15) is 0 Å². The first kappa shape index (κ1) is 21.0. The molecule has 3 aliphatic carbocycles. The minimum atomic E-state index is -0.388. The molecule has 0 aromatic rings. The molecule has 0 aromatic heterocycles. The van der Waals surface area contributed by atoms with Gasteiger partial charge in [0.15, 0.2) is 0 Å². The van der Waals surface area contributed by atoms with Gasteiger partial charge in [-0.05, 0) is 57.3 Å². The Morgan fingerprint density at radius 3 is 2.12 bits per heavy atom. The van der Waals surface area contributed by atoms with Crippen LogP contribution in [0.5, 0.6) is 0 Å². The van der Waals surface area contributed by atoms with Crippen LogP contribution in [0.3, 0.4) is 0 Å². The van der Waals surface area contributed by atoms with E-state index in [1.165, 1.54) is 44.9 Å². The summed E-state index contributed by atoms with van der Waals surface area (Å²) in [6.45, 7) is 9.93. The van der Waals surface area contributed by atoms with E-state index in [9.17, 15) is 9.59 Å². The Bertz CT molecular complexity index is 498. The van der Waals surface area contributed by atoms with Crippen molar-refractivity contribution in [2.24, 2.45) is 16.7 Å². The van der Waals surface area contributed by atoms with Crippen LogP contribution in [0.2, 0.25) is 0 Å². The number of unbranched alkanes of at least 4 members (excludes halogenated alkanes) is 2. The highest BCUT2D eigenvalue weighted by Crippen LogP contribution is 2.59. The maximum absolute atomic E-state index is 12.7. The molecular weight excluding hydrogens is 328 g/mol. The summed E-state index contributed by atoms with van der Waals surface area (Å²) in [5.74, 6) is -0.419. The van der Waals surface area contributed by atoms with Gasteiger partial charge in [-0.3, -0.25) is 4.79 Å². The van der Waals surface area contributed by atoms with E-state index in [0.717, 1.165) is 19.3 Å². The number of carbonyl (C=O) groups is 2. The van der Waals surface area contributed by atoms with Gasteiger partial charge in [0.1, 0.15) is 0 Å². The maximum Gasteiger partial charge on any atom is 0.333 e. The van der Waals surface area contributed by atoms with Crippen LogP contribution in [0.1, 0.15) is 85.0 Å². The first-order valence-electron chi connectivity index (χ1n) is 10.3. The van der Waals surface area contributed by atoms with E-state index in [0.29, 0.717) is 17.6 Å². The molecule has 0 unspecified atom stereocenters. The van der Waals surface area contributed by atoms with Crippen molar-refractivity contribution in [1.82, 2.24) is 0 Å². The second-order valence-electron chi connectivity index (χ2n) is 8.82. The zero-order valence-electron chi connectivity index (χ0n) is 16.9. The molecule has 3 fully saturated rings. The molecule has 2 bridgehead atoms. The molecule has 0 saturated heterocycles. The third kappa shape index (κ3) is 5.11. The fourth-order valence-electron chi connectivity index (χ4n) is 4.45. The molecule has 148 valence electrons. The molecule has 3 saturated carbocycles. The molecule has 0 N–H and O–H groups in total. The molecule has 0 radical (unpaired) electrons. The normalized spacial score (nSPS) is 28.4. The zero-order valence-corrected chi connectivity index (χ0v) is 16.9. The van der Waals surface area contributed by atoms with Crippen LogP contribution < -0.4 is 0 Å². The van der Waals surface area contributed by atoms with E-state index in [2.05, 4.69) is 13.5 Å². The summed E-state index contributed by atoms with van der Waals surface area (Å²) >= 11 is 0. The summed E-state index contributed by atoms with van der Waals surface area (Å²) in [6, 6.07) is 0. The van der Waals surface area contributed by atoms with Crippen LogP contribution in [0.25, 0.3) is 0 Å². The van der Waals surface area contributed by atoms with Gasteiger partial charge < -0.3 is 9.47 Å². The van der Waals surface area contributed by atoms with Crippen LogP contribution >= 0.6 is 0 Å². The van der Waals surface area contributed by atoms with Crippen molar-refractivity contribution >= 4 is 11.9 Å². The predicted octanol–water partition coefficient (Wildman–Crippen LogP) is 5.21. The molecule has 0 heterocycles. The van der Waals surface area contributed by atoms with Crippen LogP contribution in [0.4, 0.5) is 0 Å². The molecule has 0 aliphatic heterocycles. The first-order chi connectivity index (χ1) is 12.3.